The maximum atomic E-state index is 8.61. The second-order valence-electron chi connectivity index (χ2n) is 3.31. The smallest absolute Gasteiger partial charge is 0.145 e. The van der Waals surface area contributed by atoms with Crippen molar-refractivity contribution in [3.63, 3.8) is 0 Å². The van der Waals surface area contributed by atoms with Crippen LogP contribution in [0.15, 0.2) is 30.0 Å². The molecule has 1 aromatic carbocycles. The average Bonchev–Trinajstić information content (AvgIpc) is 2.73. The maximum absolute atomic E-state index is 8.61. The Morgan fingerprint density at radius 1 is 1.41 bits per heavy atom. The van der Waals surface area contributed by atoms with Crippen LogP contribution in [0.3, 0.4) is 0 Å². The summed E-state index contributed by atoms with van der Waals surface area (Å²) < 4.78 is 1.65. The van der Waals surface area contributed by atoms with Crippen LogP contribution in [0.1, 0.15) is 0 Å². The highest BCUT2D eigenvalue weighted by Gasteiger charge is 2.05. The van der Waals surface area contributed by atoms with Crippen LogP contribution in [-0.4, -0.2) is 15.0 Å². The molecule has 0 aliphatic carbocycles. The number of nitrogens with zero attached hydrogens (tertiary/aromatic N) is 5. The van der Waals surface area contributed by atoms with Crippen LogP contribution < -0.4 is 5.32 Å². The van der Waals surface area contributed by atoms with E-state index in [0.717, 1.165) is 5.52 Å². The zero-order valence-electron chi connectivity index (χ0n) is 9.05. The van der Waals surface area contributed by atoms with Crippen molar-refractivity contribution in [1.82, 2.24) is 15.0 Å². The van der Waals surface area contributed by atoms with Gasteiger partial charge in [-0.15, -0.1) is 5.10 Å². The minimum atomic E-state index is 0.00546. The van der Waals surface area contributed by atoms with Gasteiger partial charge < -0.3 is 5.32 Å². The van der Waals surface area contributed by atoms with E-state index in [1.165, 1.54) is 6.20 Å². The van der Waals surface area contributed by atoms with E-state index in [1.54, 1.807) is 29.9 Å². The molecule has 2 aromatic rings. The van der Waals surface area contributed by atoms with Gasteiger partial charge in [-0.05, 0) is 12.1 Å². The molecule has 0 aliphatic heterocycles. The Hall–Kier alpha value is -2.86. The van der Waals surface area contributed by atoms with Crippen molar-refractivity contribution in [1.29, 1.82) is 10.5 Å². The zero-order chi connectivity index (χ0) is 12.3. The van der Waals surface area contributed by atoms with Gasteiger partial charge in [0.2, 0.25) is 0 Å². The molecule has 0 saturated heterocycles. The zero-order valence-corrected chi connectivity index (χ0v) is 9.05. The molecule has 0 aliphatic rings. The standard InChI is InChI=1S/C11H8N6/c1-17-10-4-2-3-9(11(10)15-16-17)14-7-8(5-12)6-13/h2-4,7,14H,1H3. The molecule has 0 spiro atoms. The number of aryl methyl sites for hydroxylation is 1. The van der Waals surface area contributed by atoms with Gasteiger partial charge in [-0.3, -0.25) is 0 Å². The first-order valence-corrected chi connectivity index (χ1v) is 4.81. The number of rotatable bonds is 2. The maximum Gasteiger partial charge on any atom is 0.145 e. The lowest BCUT2D eigenvalue weighted by Crippen LogP contribution is -1.92. The van der Waals surface area contributed by atoms with Crippen LogP contribution in [0.2, 0.25) is 0 Å². The number of allylic oxidation sites excluding steroid dienone is 1. The molecule has 0 bridgehead atoms. The topological polar surface area (TPSA) is 90.3 Å². The molecule has 0 atom stereocenters. The minimum Gasteiger partial charge on any atom is -0.358 e. The third kappa shape index (κ3) is 1.92. The number of anilines is 1. The molecular formula is C11H8N6. The Labute approximate surface area is 97.4 Å². The molecule has 2 rings (SSSR count). The van der Waals surface area contributed by atoms with Crippen molar-refractivity contribution in [2.45, 2.75) is 0 Å². The Balaban J connectivity index is 2.41. The predicted molar refractivity (Wildman–Crippen MR) is 61.4 cm³/mol. The van der Waals surface area contributed by atoms with Crippen LogP contribution in [0, 0.1) is 22.7 Å². The highest BCUT2D eigenvalue weighted by molar-refractivity contribution is 5.88. The molecule has 6 nitrogen and oxygen atoms in total. The third-order valence-electron chi connectivity index (χ3n) is 2.26. The van der Waals surface area contributed by atoms with E-state index in [4.69, 9.17) is 10.5 Å². The summed E-state index contributed by atoms with van der Waals surface area (Å²) >= 11 is 0. The first-order chi connectivity index (χ1) is 8.26. The van der Waals surface area contributed by atoms with E-state index >= 15 is 0 Å². The fourth-order valence-corrected chi connectivity index (χ4v) is 1.41. The molecule has 0 saturated carbocycles. The lowest BCUT2D eigenvalue weighted by molar-refractivity contribution is 0.736. The van der Waals surface area contributed by atoms with Crippen molar-refractivity contribution < 1.29 is 0 Å². The summed E-state index contributed by atoms with van der Waals surface area (Å²) in [7, 11) is 1.80. The third-order valence-corrected chi connectivity index (χ3v) is 2.26. The van der Waals surface area contributed by atoms with Crippen LogP contribution >= 0.6 is 0 Å². The summed E-state index contributed by atoms with van der Waals surface area (Å²) in [5.74, 6) is 0. The quantitative estimate of drug-likeness (QED) is 0.776. The van der Waals surface area contributed by atoms with Gasteiger partial charge in [-0.2, -0.15) is 10.5 Å². The van der Waals surface area contributed by atoms with Gasteiger partial charge in [0.15, 0.2) is 0 Å². The minimum absolute atomic E-state index is 0.00546. The highest BCUT2D eigenvalue weighted by atomic mass is 15.4. The fourth-order valence-electron chi connectivity index (χ4n) is 1.41. The van der Waals surface area contributed by atoms with Crippen molar-refractivity contribution in [3.8, 4) is 12.1 Å². The number of benzene rings is 1. The van der Waals surface area contributed by atoms with Crippen LogP contribution in [0.4, 0.5) is 5.69 Å². The van der Waals surface area contributed by atoms with Gasteiger partial charge in [0, 0.05) is 13.2 Å². The van der Waals surface area contributed by atoms with Crippen LogP contribution in [0.25, 0.3) is 11.0 Å². The van der Waals surface area contributed by atoms with Crippen molar-refractivity contribution in [2.75, 3.05) is 5.32 Å². The summed E-state index contributed by atoms with van der Waals surface area (Å²) in [5.41, 5.74) is 2.28. The van der Waals surface area contributed by atoms with E-state index in [9.17, 15) is 0 Å². The van der Waals surface area contributed by atoms with E-state index in [0.29, 0.717) is 11.2 Å². The van der Waals surface area contributed by atoms with E-state index in [2.05, 4.69) is 15.6 Å². The first kappa shape index (κ1) is 10.7. The van der Waals surface area contributed by atoms with Crippen molar-refractivity contribution in [3.05, 3.63) is 30.0 Å². The first-order valence-electron chi connectivity index (χ1n) is 4.81. The predicted octanol–water partition coefficient (Wildman–Crippen LogP) is 1.31. The number of nitriles is 2. The second-order valence-corrected chi connectivity index (χ2v) is 3.31. The number of nitrogens with one attached hydrogen (secondary N) is 1. The van der Waals surface area contributed by atoms with Gasteiger partial charge in [0.05, 0.1) is 11.2 Å². The van der Waals surface area contributed by atoms with Gasteiger partial charge in [0.25, 0.3) is 0 Å². The normalized spacial score (nSPS) is 9.35. The molecule has 0 unspecified atom stereocenters. The van der Waals surface area contributed by atoms with Crippen molar-refractivity contribution >= 4 is 16.7 Å². The number of hydrogen-bond acceptors (Lipinski definition) is 5. The van der Waals surface area contributed by atoms with Gasteiger partial charge in [-0.25, -0.2) is 4.68 Å². The number of hydrogen-bond donors (Lipinski definition) is 1. The summed E-state index contributed by atoms with van der Waals surface area (Å²) in [6, 6.07) is 9.08. The Morgan fingerprint density at radius 2 is 2.18 bits per heavy atom. The molecule has 0 fully saturated rings. The summed E-state index contributed by atoms with van der Waals surface area (Å²) in [5, 5.41) is 28.0. The Bertz CT molecular complexity index is 651. The largest absolute Gasteiger partial charge is 0.358 e. The highest BCUT2D eigenvalue weighted by Crippen LogP contribution is 2.20. The number of fused-ring (bicyclic) bond motifs is 1. The molecule has 1 N–H and O–H groups in total. The molecule has 82 valence electrons. The van der Waals surface area contributed by atoms with Crippen LogP contribution in [0.5, 0.6) is 0 Å². The fraction of sp³-hybridized carbons (Fsp3) is 0.0909. The van der Waals surface area contributed by atoms with Crippen molar-refractivity contribution in [2.24, 2.45) is 7.05 Å². The monoisotopic (exact) mass is 224 g/mol. The Kier molecular flexibility index (Phi) is 2.71. The molecule has 1 aromatic heterocycles. The second kappa shape index (κ2) is 4.33. The lowest BCUT2D eigenvalue weighted by atomic mass is 10.2. The summed E-state index contributed by atoms with van der Waals surface area (Å²) in [4.78, 5) is 0. The number of aromatic nitrogens is 3. The van der Waals surface area contributed by atoms with E-state index in [1.807, 2.05) is 12.1 Å². The SMILES string of the molecule is Cn1nnc2c(NC=C(C#N)C#N)cccc21. The van der Waals surface area contributed by atoms with Gasteiger partial charge >= 0.3 is 0 Å². The molecule has 1 heterocycles. The molecule has 0 radical (unpaired) electrons. The van der Waals surface area contributed by atoms with Gasteiger partial charge in [-0.1, -0.05) is 11.3 Å². The lowest BCUT2D eigenvalue weighted by Gasteiger charge is -2.00. The molecular weight excluding hydrogens is 216 g/mol. The molecule has 0 amide bonds. The Morgan fingerprint density at radius 3 is 2.88 bits per heavy atom. The summed E-state index contributed by atoms with van der Waals surface area (Å²) in [6.07, 6.45) is 1.35. The molecule has 17 heavy (non-hydrogen) atoms. The molecule has 6 heteroatoms. The van der Waals surface area contributed by atoms with E-state index < -0.39 is 0 Å². The average molecular weight is 224 g/mol. The van der Waals surface area contributed by atoms with Gasteiger partial charge in [0.1, 0.15) is 23.2 Å². The van der Waals surface area contributed by atoms with Crippen LogP contribution in [-0.2, 0) is 7.05 Å². The summed E-state index contributed by atoms with van der Waals surface area (Å²) in [6.45, 7) is 0. The van der Waals surface area contributed by atoms with E-state index in [-0.39, 0.29) is 5.57 Å².